The Hall–Kier alpha value is -2.49. The van der Waals surface area contributed by atoms with Crippen LogP contribution < -0.4 is 5.32 Å². The van der Waals surface area contributed by atoms with Gasteiger partial charge in [0.25, 0.3) is 0 Å². The molecule has 132 valence electrons. The minimum atomic E-state index is -0.214. The summed E-state index contributed by atoms with van der Waals surface area (Å²) in [4.78, 5) is 12.1. The van der Waals surface area contributed by atoms with Gasteiger partial charge in [0.15, 0.2) is 0 Å². The quantitative estimate of drug-likeness (QED) is 0.511. The lowest BCUT2D eigenvalue weighted by molar-refractivity contribution is -0.111. The fourth-order valence-electron chi connectivity index (χ4n) is 2.56. The number of para-hydroxylation sites is 1. The number of rotatable bonds is 5. The summed E-state index contributed by atoms with van der Waals surface area (Å²) in [6, 6.07) is 16.5. The summed E-state index contributed by atoms with van der Waals surface area (Å²) in [7, 11) is 0. The zero-order valence-corrected chi connectivity index (χ0v) is 15.6. The van der Waals surface area contributed by atoms with Crippen molar-refractivity contribution in [1.82, 2.24) is 0 Å². The lowest BCUT2D eigenvalue weighted by Crippen LogP contribution is -2.09. The van der Waals surface area contributed by atoms with Gasteiger partial charge in [0, 0.05) is 22.3 Å². The Kier molecular flexibility index (Phi) is 5.82. The first-order valence-electron chi connectivity index (χ1n) is 8.19. The summed E-state index contributed by atoms with van der Waals surface area (Å²) >= 11 is 12.1. The maximum atomic E-state index is 12.1. The van der Waals surface area contributed by atoms with Crippen LogP contribution >= 0.6 is 23.2 Å². The number of aryl methyl sites for hydroxylation is 1. The van der Waals surface area contributed by atoms with Crippen LogP contribution in [0, 0.1) is 0 Å². The molecule has 0 aliphatic carbocycles. The van der Waals surface area contributed by atoms with Gasteiger partial charge < -0.3 is 9.73 Å². The number of furan rings is 1. The SMILES string of the molecule is CCc1ccccc1NC(=O)/C=C/c1ccc(-c2ccc(Cl)cc2Cl)o1. The van der Waals surface area contributed by atoms with Crippen molar-refractivity contribution in [3.8, 4) is 11.3 Å². The van der Waals surface area contributed by atoms with Crippen molar-refractivity contribution in [3.63, 3.8) is 0 Å². The highest BCUT2D eigenvalue weighted by Gasteiger charge is 2.09. The fourth-order valence-corrected chi connectivity index (χ4v) is 3.06. The molecule has 1 N–H and O–H groups in total. The fraction of sp³-hybridized carbons (Fsp3) is 0.0952. The number of halogens is 2. The Morgan fingerprint density at radius 1 is 1.12 bits per heavy atom. The lowest BCUT2D eigenvalue weighted by Gasteiger charge is -2.07. The number of amides is 1. The van der Waals surface area contributed by atoms with Crippen molar-refractivity contribution in [2.45, 2.75) is 13.3 Å². The monoisotopic (exact) mass is 385 g/mol. The topological polar surface area (TPSA) is 42.2 Å². The minimum absolute atomic E-state index is 0.214. The second-order valence-electron chi connectivity index (χ2n) is 5.66. The smallest absolute Gasteiger partial charge is 0.248 e. The summed E-state index contributed by atoms with van der Waals surface area (Å²) < 4.78 is 5.74. The zero-order chi connectivity index (χ0) is 18.5. The van der Waals surface area contributed by atoms with E-state index in [1.54, 1.807) is 36.4 Å². The Morgan fingerprint density at radius 2 is 1.92 bits per heavy atom. The van der Waals surface area contributed by atoms with Crippen LogP contribution in [-0.2, 0) is 11.2 Å². The lowest BCUT2D eigenvalue weighted by atomic mass is 10.1. The predicted octanol–water partition coefficient (Wildman–Crippen LogP) is 6.47. The molecule has 0 saturated carbocycles. The number of hydrogen-bond donors (Lipinski definition) is 1. The zero-order valence-electron chi connectivity index (χ0n) is 14.1. The molecule has 26 heavy (non-hydrogen) atoms. The maximum absolute atomic E-state index is 12.1. The highest BCUT2D eigenvalue weighted by atomic mass is 35.5. The average molecular weight is 386 g/mol. The van der Waals surface area contributed by atoms with E-state index in [1.165, 1.54) is 6.08 Å². The van der Waals surface area contributed by atoms with Crippen molar-refractivity contribution < 1.29 is 9.21 Å². The standard InChI is InChI=1S/C21H17Cl2NO2/c1-2-14-5-3-4-6-19(14)24-21(25)12-9-16-8-11-20(26-16)17-10-7-15(22)13-18(17)23/h3-13H,2H2,1H3,(H,24,25)/b12-9+. The van der Waals surface area contributed by atoms with E-state index in [-0.39, 0.29) is 5.91 Å². The molecule has 1 aromatic heterocycles. The molecule has 1 amide bonds. The van der Waals surface area contributed by atoms with E-state index >= 15 is 0 Å². The third-order valence-electron chi connectivity index (χ3n) is 3.88. The Labute approximate surface area is 162 Å². The summed E-state index contributed by atoms with van der Waals surface area (Å²) in [6.45, 7) is 2.05. The first-order chi connectivity index (χ1) is 12.6. The molecule has 5 heteroatoms. The van der Waals surface area contributed by atoms with Gasteiger partial charge in [-0.25, -0.2) is 0 Å². The Morgan fingerprint density at radius 3 is 2.69 bits per heavy atom. The minimum Gasteiger partial charge on any atom is -0.457 e. The first kappa shape index (κ1) is 18.3. The van der Waals surface area contributed by atoms with Crippen molar-refractivity contribution >= 4 is 40.9 Å². The third kappa shape index (κ3) is 4.37. The van der Waals surface area contributed by atoms with Crippen LogP contribution in [0.1, 0.15) is 18.2 Å². The van der Waals surface area contributed by atoms with E-state index in [2.05, 4.69) is 5.32 Å². The average Bonchev–Trinajstić information content (AvgIpc) is 3.09. The number of carbonyl (C=O) groups is 1. The van der Waals surface area contributed by atoms with E-state index < -0.39 is 0 Å². The molecule has 0 saturated heterocycles. The van der Waals surface area contributed by atoms with Gasteiger partial charge in [-0.1, -0.05) is 48.3 Å². The highest BCUT2D eigenvalue weighted by molar-refractivity contribution is 6.36. The van der Waals surface area contributed by atoms with Crippen LogP contribution in [0.4, 0.5) is 5.69 Å². The van der Waals surface area contributed by atoms with E-state index in [9.17, 15) is 4.79 Å². The molecule has 1 heterocycles. The molecule has 0 fully saturated rings. The summed E-state index contributed by atoms with van der Waals surface area (Å²) in [5.74, 6) is 0.960. The van der Waals surface area contributed by atoms with Gasteiger partial charge in [0.05, 0.1) is 5.02 Å². The number of carbonyl (C=O) groups excluding carboxylic acids is 1. The van der Waals surface area contributed by atoms with Crippen molar-refractivity contribution in [2.75, 3.05) is 5.32 Å². The van der Waals surface area contributed by atoms with Crippen LogP contribution in [0.2, 0.25) is 10.0 Å². The van der Waals surface area contributed by atoms with Gasteiger partial charge in [0.2, 0.25) is 5.91 Å². The summed E-state index contributed by atoms with van der Waals surface area (Å²) in [5.41, 5.74) is 2.65. The molecule has 0 aliphatic rings. The third-order valence-corrected chi connectivity index (χ3v) is 4.43. The summed E-state index contributed by atoms with van der Waals surface area (Å²) in [5, 5.41) is 3.96. The molecule has 0 unspecified atom stereocenters. The van der Waals surface area contributed by atoms with Crippen molar-refractivity contribution in [1.29, 1.82) is 0 Å². The van der Waals surface area contributed by atoms with Crippen LogP contribution in [-0.4, -0.2) is 5.91 Å². The highest BCUT2D eigenvalue weighted by Crippen LogP contribution is 2.31. The summed E-state index contributed by atoms with van der Waals surface area (Å²) in [6.07, 6.45) is 3.92. The molecule has 3 aromatic rings. The molecule has 0 bridgehead atoms. The Balaban J connectivity index is 1.71. The van der Waals surface area contributed by atoms with Gasteiger partial charge >= 0.3 is 0 Å². The number of anilines is 1. The van der Waals surface area contributed by atoms with Crippen LogP contribution in [0.25, 0.3) is 17.4 Å². The van der Waals surface area contributed by atoms with Crippen molar-refractivity contribution in [3.05, 3.63) is 82.0 Å². The molecular weight excluding hydrogens is 369 g/mol. The largest absolute Gasteiger partial charge is 0.457 e. The second kappa shape index (κ2) is 8.26. The van der Waals surface area contributed by atoms with Crippen molar-refractivity contribution in [2.24, 2.45) is 0 Å². The van der Waals surface area contributed by atoms with Crippen LogP contribution in [0.15, 0.2) is 65.1 Å². The van der Waals surface area contributed by atoms with E-state index in [1.807, 2.05) is 31.2 Å². The number of hydrogen-bond acceptors (Lipinski definition) is 2. The van der Waals surface area contributed by atoms with E-state index in [0.717, 1.165) is 23.2 Å². The molecule has 3 nitrogen and oxygen atoms in total. The predicted molar refractivity (Wildman–Crippen MR) is 108 cm³/mol. The van der Waals surface area contributed by atoms with E-state index in [4.69, 9.17) is 27.6 Å². The molecule has 0 atom stereocenters. The number of benzene rings is 2. The van der Waals surface area contributed by atoms with Crippen LogP contribution in [0.5, 0.6) is 0 Å². The number of nitrogens with one attached hydrogen (secondary N) is 1. The maximum Gasteiger partial charge on any atom is 0.248 e. The van der Waals surface area contributed by atoms with Gasteiger partial charge in [-0.15, -0.1) is 0 Å². The van der Waals surface area contributed by atoms with Gasteiger partial charge in [-0.05, 0) is 54.5 Å². The molecular formula is C21H17Cl2NO2. The second-order valence-corrected chi connectivity index (χ2v) is 6.50. The molecule has 3 rings (SSSR count). The normalized spacial score (nSPS) is 11.0. The first-order valence-corrected chi connectivity index (χ1v) is 8.94. The molecule has 0 spiro atoms. The van der Waals surface area contributed by atoms with Crippen LogP contribution in [0.3, 0.4) is 0 Å². The van der Waals surface area contributed by atoms with E-state index in [0.29, 0.717) is 21.6 Å². The molecule has 0 aliphatic heterocycles. The molecule has 0 radical (unpaired) electrons. The molecule has 2 aromatic carbocycles. The van der Waals surface area contributed by atoms with Gasteiger partial charge in [0.1, 0.15) is 11.5 Å². The Bertz CT molecular complexity index is 960. The van der Waals surface area contributed by atoms with Gasteiger partial charge in [-0.3, -0.25) is 4.79 Å². The van der Waals surface area contributed by atoms with Gasteiger partial charge in [-0.2, -0.15) is 0 Å².